The zero-order valence-corrected chi connectivity index (χ0v) is 16.3. The number of nitrogens with one attached hydrogen (secondary N) is 1. The van der Waals surface area contributed by atoms with Gasteiger partial charge in [0.15, 0.2) is 9.84 Å². The highest BCUT2D eigenvalue weighted by Crippen LogP contribution is 2.23. The van der Waals surface area contributed by atoms with Gasteiger partial charge in [-0.05, 0) is 30.9 Å². The maximum atomic E-state index is 12.4. The van der Waals surface area contributed by atoms with Gasteiger partial charge in [0.05, 0.1) is 29.0 Å². The van der Waals surface area contributed by atoms with Gasteiger partial charge in [-0.3, -0.25) is 9.78 Å². The number of carbonyl (C=O) groups is 1. The largest absolute Gasteiger partial charge is 0.369 e. The predicted octanol–water partition coefficient (Wildman–Crippen LogP) is 2.07. The second kappa shape index (κ2) is 8.52. The van der Waals surface area contributed by atoms with Crippen molar-refractivity contribution < 1.29 is 13.2 Å². The van der Waals surface area contributed by atoms with E-state index in [9.17, 15) is 13.2 Å². The quantitative estimate of drug-likeness (QED) is 0.736. The number of anilines is 1. The Morgan fingerprint density at radius 3 is 2.74 bits per heavy atom. The van der Waals surface area contributed by atoms with Crippen LogP contribution in [0.25, 0.3) is 0 Å². The molecule has 1 aliphatic rings. The fourth-order valence-electron chi connectivity index (χ4n) is 3.28. The minimum Gasteiger partial charge on any atom is -0.369 e. The molecule has 7 heteroatoms. The first-order valence-corrected chi connectivity index (χ1v) is 11.0. The van der Waals surface area contributed by atoms with E-state index in [1.165, 1.54) is 11.8 Å². The van der Waals surface area contributed by atoms with Gasteiger partial charge in [-0.15, -0.1) is 0 Å². The summed E-state index contributed by atoms with van der Waals surface area (Å²) < 4.78 is 23.4. The molecular formula is C20H25N3O3S. The standard InChI is InChI=1S/C20H25N3O3S/c1-23(18-9-11-27(25,26)15-18)19-12-17(13-21-14-19)20(24)22-10-5-8-16-6-3-2-4-7-16/h2-4,6-7,12-14,18H,5,8-11,15H2,1H3,(H,22,24). The molecule has 2 heterocycles. The van der Waals surface area contributed by atoms with E-state index >= 15 is 0 Å². The summed E-state index contributed by atoms with van der Waals surface area (Å²) in [5.74, 6) is 0.209. The highest BCUT2D eigenvalue weighted by atomic mass is 32.2. The van der Waals surface area contributed by atoms with E-state index < -0.39 is 9.84 Å². The first-order valence-electron chi connectivity index (χ1n) is 9.15. The van der Waals surface area contributed by atoms with Crippen LogP contribution in [0.3, 0.4) is 0 Å². The number of hydrogen-bond donors (Lipinski definition) is 1. The average molecular weight is 388 g/mol. The predicted molar refractivity (Wildman–Crippen MR) is 107 cm³/mol. The number of rotatable bonds is 7. The molecule has 2 aromatic rings. The topological polar surface area (TPSA) is 79.4 Å². The molecule has 1 atom stereocenters. The molecule has 1 aliphatic heterocycles. The molecule has 0 bridgehead atoms. The minimum atomic E-state index is -2.95. The second-order valence-corrected chi connectivity index (χ2v) is 9.17. The number of hydrogen-bond acceptors (Lipinski definition) is 5. The number of aromatic nitrogens is 1. The van der Waals surface area contributed by atoms with E-state index in [0.29, 0.717) is 18.5 Å². The summed E-state index contributed by atoms with van der Waals surface area (Å²) in [7, 11) is -1.10. The lowest BCUT2D eigenvalue weighted by Crippen LogP contribution is -2.33. The van der Waals surface area contributed by atoms with Crippen LogP contribution in [0.15, 0.2) is 48.8 Å². The van der Waals surface area contributed by atoms with E-state index in [1.54, 1.807) is 12.3 Å². The van der Waals surface area contributed by atoms with Gasteiger partial charge in [-0.1, -0.05) is 30.3 Å². The van der Waals surface area contributed by atoms with Crippen molar-refractivity contribution in [1.29, 1.82) is 0 Å². The first kappa shape index (κ1) is 19.4. The van der Waals surface area contributed by atoms with Crippen LogP contribution in [-0.4, -0.2) is 50.4 Å². The van der Waals surface area contributed by atoms with E-state index in [-0.39, 0.29) is 23.5 Å². The summed E-state index contributed by atoms with van der Waals surface area (Å²) in [5.41, 5.74) is 2.50. The molecule has 1 amide bonds. The van der Waals surface area contributed by atoms with E-state index in [4.69, 9.17) is 0 Å². The van der Waals surface area contributed by atoms with E-state index in [1.807, 2.05) is 30.1 Å². The smallest absolute Gasteiger partial charge is 0.252 e. The van der Waals surface area contributed by atoms with Crippen LogP contribution in [0.4, 0.5) is 5.69 Å². The molecule has 27 heavy (non-hydrogen) atoms. The number of aryl methyl sites for hydroxylation is 1. The lowest BCUT2D eigenvalue weighted by atomic mass is 10.1. The Morgan fingerprint density at radius 2 is 2.04 bits per heavy atom. The fraction of sp³-hybridized carbons (Fsp3) is 0.400. The molecule has 0 aliphatic carbocycles. The SMILES string of the molecule is CN(c1cncc(C(=O)NCCCc2ccccc2)c1)C1CCS(=O)(=O)C1. The number of pyridine rings is 1. The molecular weight excluding hydrogens is 362 g/mol. The summed E-state index contributed by atoms with van der Waals surface area (Å²) in [5, 5.41) is 2.92. The molecule has 144 valence electrons. The van der Waals surface area contributed by atoms with Crippen LogP contribution < -0.4 is 10.2 Å². The summed E-state index contributed by atoms with van der Waals surface area (Å²) in [4.78, 5) is 18.5. The van der Waals surface area contributed by atoms with Gasteiger partial charge in [-0.2, -0.15) is 0 Å². The number of carbonyl (C=O) groups excluding carboxylic acids is 1. The molecule has 1 saturated heterocycles. The molecule has 0 saturated carbocycles. The van der Waals surface area contributed by atoms with Crippen LogP contribution in [0, 0.1) is 0 Å². The van der Waals surface area contributed by atoms with Crippen LogP contribution >= 0.6 is 0 Å². The van der Waals surface area contributed by atoms with Gasteiger partial charge in [-0.25, -0.2) is 8.42 Å². The van der Waals surface area contributed by atoms with Crippen molar-refractivity contribution >= 4 is 21.4 Å². The Morgan fingerprint density at radius 1 is 1.26 bits per heavy atom. The Hall–Kier alpha value is -2.41. The van der Waals surface area contributed by atoms with Gasteiger partial charge in [0.2, 0.25) is 0 Å². The van der Waals surface area contributed by atoms with Crippen LogP contribution in [0.2, 0.25) is 0 Å². The van der Waals surface area contributed by atoms with Gasteiger partial charge >= 0.3 is 0 Å². The lowest BCUT2D eigenvalue weighted by molar-refractivity contribution is 0.0953. The van der Waals surface area contributed by atoms with Crippen molar-refractivity contribution in [2.75, 3.05) is 30.0 Å². The highest BCUT2D eigenvalue weighted by Gasteiger charge is 2.31. The van der Waals surface area contributed by atoms with Crippen molar-refractivity contribution in [1.82, 2.24) is 10.3 Å². The highest BCUT2D eigenvalue weighted by molar-refractivity contribution is 7.91. The number of nitrogens with zero attached hydrogens (tertiary/aromatic N) is 2. The summed E-state index contributed by atoms with van der Waals surface area (Å²) in [6, 6.07) is 11.9. The van der Waals surface area contributed by atoms with Gasteiger partial charge in [0.1, 0.15) is 0 Å². The number of benzene rings is 1. The van der Waals surface area contributed by atoms with Crippen molar-refractivity contribution in [2.45, 2.75) is 25.3 Å². The monoisotopic (exact) mass is 387 g/mol. The molecule has 6 nitrogen and oxygen atoms in total. The number of amides is 1. The third kappa shape index (κ3) is 5.29. The van der Waals surface area contributed by atoms with Gasteiger partial charge in [0.25, 0.3) is 5.91 Å². The minimum absolute atomic E-state index is 0.0685. The van der Waals surface area contributed by atoms with Crippen molar-refractivity contribution in [3.8, 4) is 0 Å². The third-order valence-corrected chi connectivity index (χ3v) is 6.67. The Balaban J connectivity index is 1.54. The summed E-state index contributed by atoms with van der Waals surface area (Å²) >= 11 is 0. The first-order chi connectivity index (χ1) is 12.9. The third-order valence-electron chi connectivity index (χ3n) is 4.92. The summed E-state index contributed by atoms with van der Waals surface area (Å²) in [6.07, 6.45) is 5.59. The number of sulfone groups is 1. The molecule has 0 spiro atoms. The van der Waals surface area contributed by atoms with Gasteiger partial charge in [0, 0.05) is 25.8 Å². The molecule has 1 fully saturated rings. The Labute approximate surface area is 160 Å². The van der Waals surface area contributed by atoms with Crippen molar-refractivity contribution in [3.05, 3.63) is 59.9 Å². The average Bonchev–Trinajstić information content (AvgIpc) is 3.05. The molecule has 1 aromatic carbocycles. The maximum absolute atomic E-state index is 12.4. The van der Waals surface area contributed by atoms with Crippen molar-refractivity contribution in [2.24, 2.45) is 0 Å². The molecule has 1 unspecified atom stereocenters. The van der Waals surface area contributed by atoms with Crippen LogP contribution in [-0.2, 0) is 16.3 Å². The Kier molecular flexibility index (Phi) is 6.11. The van der Waals surface area contributed by atoms with Crippen LogP contribution in [0.5, 0.6) is 0 Å². The normalized spacial score (nSPS) is 18.2. The van der Waals surface area contributed by atoms with Crippen molar-refractivity contribution in [3.63, 3.8) is 0 Å². The van der Waals surface area contributed by atoms with E-state index in [0.717, 1.165) is 18.5 Å². The second-order valence-electron chi connectivity index (χ2n) is 6.94. The zero-order valence-electron chi connectivity index (χ0n) is 15.5. The zero-order chi connectivity index (χ0) is 19.3. The molecule has 1 aromatic heterocycles. The Bertz CT molecular complexity index is 884. The molecule has 1 N–H and O–H groups in total. The van der Waals surface area contributed by atoms with Gasteiger partial charge < -0.3 is 10.2 Å². The fourth-order valence-corrected chi connectivity index (χ4v) is 5.05. The maximum Gasteiger partial charge on any atom is 0.252 e. The van der Waals surface area contributed by atoms with Crippen LogP contribution in [0.1, 0.15) is 28.8 Å². The summed E-state index contributed by atoms with van der Waals surface area (Å²) in [6.45, 7) is 0.592. The lowest BCUT2D eigenvalue weighted by Gasteiger charge is -2.25. The van der Waals surface area contributed by atoms with E-state index in [2.05, 4.69) is 22.4 Å². The molecule has 3 rings (SSSR count). The molecule has 0 radical (unpaired) electrons.